The van der Waals surface area contributed by atoms with Crippen molar-refractivity contribution < 1.29 is 12.9 Å². The van der Waals surface area contributed by atoms with Crippen LogP contribution >= 0.6 is 0 Å². The number of piperidine rings is 2. The Bertz CT molecular complexity index is 1190. The summed E-state index contributed by atoms with van der Waals surface area (Å²) in [5.41, 5.74) is 2.42. The second-order valence-corrected chi connectivity index (χ2v) is 10.9. The Labute approximate surface area is 195 Å². The van der Waals surface area contributed by atoms with Gasteiger partial charge in [0.15, 0.2) is 0 Å². The third-order valence-electron chi connectivity index (χ3n) is 6.80. The van der Waals surface area contributed by atoms with Gasteiger partial charge in [-0.05, 0) is 57.8 Å². The van der Waals surface area contributed by atoms with Gasteiger partial charge in [0.2, 0.25) is 15.8 Å². The predicted molar refractivity (Wildman–Crippen MR) is 127 cm³/mol. The molecular weight excluding hydrogens is 436 g/mol. The minimum atomic E-state index is -3.67. The number of benzene rings is 2. The molecule has 5 rings (SSSR count). The van der Waals surface area contributed by atoms with Crippen LogP contribution in [0.5, 0.6) is 0 Å². The maximum atomic E-state index is 13.6. The summed E-state index contributed by atoms with van der Waals surface area (Å²) in [5.74, 6) is 0.660. The van der Waals surface area contributed by atoms with E-state index in [0.29, 0.717) is 30.5 Å². The van der Waals surface area contributed by atoms with Crippen LogP contribution in [0, 0.1) is 6.92 Å². The Kier molecular flexibility index (Phi) is 6.32. The number of aromatic nitrogens is 2. The number of hydrogen-bond donors (Lipinski definition) is 0. The van der Waals surface area contributed by atoms with E-state index in [2.05, 4.69) is 15.0 Å². The van der Waals surface area contributed by atoms with Gasteiger partial charge in [-0.3, -0.25) is 0 Å². The zero-order valence-corrected chi connectivity index (χ0v) is 19.8. The Morgan fingerprint density at radius 1 is 0.909 bits per heavy atom. The molecular formula is C25H30N4O3S. The zero-order chi connectivity index (χ0) is 22.8. The van der Waals surface area contributed by atoms with Crippen molar-refractivity contribution in [2.45, 2.75) is 50.0 Å². The van der Waals surface area contributed by atoms with Crippen molar-refractivity contribution in [3.8, 4) is 22.8 Å². The molecule has 0 atom stereocenters. The SMILES string of the molecule is Cc1ccc(-c2noc(-c3ccccc3S(=O)(=O)N3CCC(N4CCCCC4)CC3)n2)cc1. The van der Waals surface area contributed by atoms with E-state index in [-0.39, 0.29) is 10.8 Å². The summed E-state index contributed by atoms with van der Waals surface area (Å²) in [6.07, 6.45) is 5.56. The van der Waals surface area contributed by atoms with Gasteiger partial charge in [-0.15, -0.1) is 0 Å². The molecule has 2 fully saturated rings. The summed E-state index contributed by atoms with van der Waals surface area (Å²) in [7, 11) is -3.67. The molecule has 7 nitrogen and oxygen atoms in total. The average Bonchev–Trinajstić information content (AvgIpc) is 3.35. The highest BCUT2D eigenvalue weighted by Gasteiger charge is 2.34. The molecule has 3 aromatic rings. The van der Waals surface area contributed by atoms with Gasteiger partial charge >= 0.3 is 0 Å². The van der Waals surface area contributed by atoms with Crippen LogP contribution in [0.1, 0.15) is 37.7 Å². The van der Waals surface area contributed by atoms with Gasteiger partial charge in [-0.1, -0.05) is 53.5 Å². The first-order chi connectivity index (χ1) is 16.0. The number of nitrogens with zero attached hydrogens (tertiary/aromatic N) is 4. The Hall–Kier alpha value is -2.55. The minimum absolute atomic E-state index is 0.216. The van der Waals surface area contributed by atoms with Gasteiger partial charge in [0.25, 0.3) is 5.89 Å². The molecule has 2 aliphatic heterocycles. The van der Waals surface area contributed by atoms with Crippen molar-refractivity contribution in [1.82, 2.24) is 19.3 Å². The molecule has 8 heteroatoms. The topological polar surface area (TPSA) is 79.5 Å². The molecule has 0 aliphatic carbocycles. The third-order valence-corrected chi connectivity index (χ3v) is 8.76. The first-order valence-electron chi connectivity index (χ1n) is 11.8. The lowest BCUT2D eigenvalue weighted by Crippen LogP contribution is -2.48. The average molecular weight is 467 g/mol. The lowest BCUT2D eigenvalue weighted by atomic mass is 10.0. The second kappa shape index (κ2) is 9.37. The Morgan fingerprint density at radius 3 is 2.33 bits per heavy atom. The van der Waals surface area contributed by atoms with Gasteiger partial charge in [-0.25, -0.2) is 8.42 Å². The number of aryl methyl sites for hydroxylation is 1. The third kappa shape index (κ3) is 4.60. The van der Waals surface area contributed by atoms with Gasteiger partial charge < -0.3 is 9.42 Å². The Balaban J connectivity index is 1.37. The molecule has 174 valence electrons. The lowest BCUT2D eigenvalue weighted by Gasteiger charge is -2.39. The Morgan fingerprint density at radius 2 is 1.61 bits per heavy atom. The molecule has 2 aliphatic rings. The quantitative estimate of drug-likeness (QED) is 0.556. The fourth-order valence-electron chi connectivity index (χ4n) is 4.89. The second-order valence-electron chi connectivity index (χ2n) is 9.02. The van der Waals surface area contributed by atoms with E-state index < -0.39 is 10.0 Å². The normalized spacial score (nSPS) is 19.1. The molecule has 2 saturated heterocycles. The highest BCUT2D eigenvalue weighted by atomic mass is 32.2. The summed E-state index contributed by atoms with van der Waals surface area (Å²) in [4.78, 5) is 7.28. The van der Waals surface area contributed by atoms with Crippen LogP contribution in [-0.4, -0.2) is 60.0 Å². The molecule has 0 saturated carbocycles. The van der Waals surface area contributed by atoms with Crippen molar-refractivity contribution in [2.24, 2.45) is 0 Å². The van der Waals surface area contributed by atoms with E-state index in [4.69, 9.17) is 4.52 Å². The molecule has 0 bridgehead atoms. The van der Waals surface area contributed by atoms with E-state index in [1.54, 1.807) is 28.6 Å². The van der Waals surface area contributed by atoms with Crippen molar-refractivity contribution in [3.05, 3.63) is 54.1 Å². The van der Waals surface area contributed by atoms with Crippen LogP contribution in [0.3, 0.4) is 0 Å². The van der Waals surface area contributed by atoms with E-state index in [9.17, 15) is 8.42 Å². The van der Waals surface area contributed by atoms with Gasteiger partial charge in [-0.2, -0.15) is 9.29 Å². The summed E-state index contributed by atoms with van der Waals surface area (Å²) >= 11 is 0. The maximum Gasteiger partial charge on any atom is 0.259 e. The molecule has 0 unspecified atom stereocenters. The van der Waals surface area contributed by atoms with E-state index in [1.807, 2.05) is 31.2 Å². The van der Waals surface area contributed by atoms with Gasteiger partial charge in [0.1, 0.15) is 0 Å². The highest BCUT2D eigenvalue weighted by Crippen LogP contribution is 2.32. The van der Waals surface area contributed by atoms with E-state index in [0.717, 1.165) is 37.1 Å². The van der Waals surface area contributed by atoms with Crippen LogP contribution in [0.25, 0.3) is 22.8 Å². The van der Waals surface area contributed by atoms with Crippen LogP contribution in [-0.2, 0) is 10.0 Å². The molecule has 0 N–H and O–H groups in total. The number of rotatable bonds is 5. The van der Waals surface area contributed by atoms with Crippen LogP contribution in [0.2, 0.25) is 0 Å². The van der Waals surface area contributed by atoms with Crippen molar-refractivity contribution in [2.75, 3.05) is 26.2 Å². The smallest absolute Gasteiger partial charge is 0.259 e. The largest absolute Gasteiger partial charge is 0.334 e. The molecule has 0 spiro atoms. The highest BCUT2D eigenvalue weighted by molar-refractivity contribution is 7.89. The van der Waals surface area contributed by atoms with Crippen molar-refractivity contribution >= 4 is 10.0 Å². The molecule has 2 aromatic carbocycles. The lowest BCUT2D eigenvalue weighted by molar-refractivity contribution is 0.118. The summed E-state index contributed by atoms with van der Waals surface area (Å²) in [6.45, 7) is 5.37. The van der Waals surface area contributed by atoms with E-state index >= 15 is 0 Å². The van der Waals surface area contributed by atoms with Gasteiger partial charge in [0, 0.05) is 24.7 Å². The van der Waals surface area contributed by atoms with Crippen molar-refractivity contribution in [3.63, 3.8) is 0 Å². The minimum Gasteiger partial charge on any atom is -0.334 e. The fraction of sp³-hybridized carbons (Fsp3) is 0.440. The first-order valence-corrected chi connectivity index (χ1v) is 13.2. The summed E-state index contributed by atoms with van der Waals surface area (Å²) in [6, 6.07) is 15.2. The van der Waals surface area contributed by atoms with Crippen LogP contribution in [0.15, 0.2) is 57.9 Å². The fourth-order valence-corrected chi connectivity index (χ4v) is 6.54. The van der Waals surface area contributed by atoms with Gasteiger partial charge in [0.05, 0.1) is 10.5 Å². The molecule has 0 amide bonds. The summed E-state index contributed by atoms with van der Waals surface area (Å²) in [5, 5.41) is 4.09. The van der Waals surface area contributed by atoms with E-state index in [1.165, 1.54) is 19.3 Å². The van der Waals surface area contributed by atoms with Crippen LogP contribution < -0.4 is 0 Å². The molecule has 3 heterocycles. The van der Waals surface area contributed by atoms with Crippen molar-refractivity contribution in [1.29, 1.82) is 0 Å². The zero-order valence-electron chi connectivity index (χ0n) is 19.0. The maximum absolute atomic E-state index is 13.6. The molecule has 0 radical (unpaired) electrons. The van der Waals surface area contributed by atoms with Crippen LogP contribution in [0.4, 0.5) is 0 Å². The monoisotopic (exact) mass is 466 g/mol. The molecule has 1 aromatic heterocycles. The predicted octanol–water partition coefficient (Wildman–Crippen LogP) is 4.35. The number of likely N-dealkylation sites (tertiary alicyclic amines) is 1. The standard InChI is InChI=1S/C25H30N4O3S/c1-19-9-11-20(12-10-19)24-26-25(32-27-24)22-7-3-4-8-23(22)33(30,31)29-17-13-21(14-18-29)28-15-5-2-6-16-28/h3-4,7-12,21H,2,5-6,13-18H2,1H3. The summed E-state index contributed by atoms with van der Waals surface area (Å²) < 4.78 is 34.3. The number of hydrogen-bond acceptors (Lipinski definition) is 6. The first kappa shape index (κ1) is 22.3. The molecule has 33 heavy (non-hydrogen) atoms. The number of sulfonamides is 1.